The highest BCUT2D eigenvalue weighted by Crippen LogP contribution is 2.41. The van der Waals surface area contributed by atoms with E-state index in [1.165, 1.54) is 12.1 Å². The number of sulfonamides is 1. The molecule has 1 saturated heterocycles. The molecule has 29 heavy (non-hydrogen) atoms. The van der Waals surface area contributed by atoms with Gasteiger partial charge in [0.25, 0.3) is 5.89 Å². The minimum atomic E-state index is -3.90. The van der Waals surface area contributed by atoms with E-state index < -0.39 is 15.7 Å². The summed E-state index contributed by atoms with van der Waals surface area (Å²) in [5, 5.41) is 3.91. The zero-order valence-corrected chi connectivity index (χ0v) is 16.7. The quantitative estimate of drug-likeness (QED) is 0.746. The van der Waals surface area contributed by atoms with Crippen molar-refractivity contribution in [3.8, 4) is 11.5 Å². The maximum atomic E-state index is 15.5. The van der Waals surface area contributed by atoms with Gasteiger partial charge in [-0.1, -0.05) is 11.6 Å². The van der Waals surface area contributed by atoms with Crippen LogP contribution in [0.3, 0.4) is 0 Å². The van der Waals surface area contributed by atoms with Gasteiger partial charge in [-0.05, 0) is 25.0 Å². The number of hydrogen-bond donors (Lipinski definition) is 0. The van der Waals surface area contributed by atoms with Crippen LogP contribution >= 0.6 is 0 Å². The predicted octanol–water partition coefficient (Wildman–Crippen LogP) is 2.76. The molecule has 2 aromatic rings. The molecule has 1 aromatic heterocycles. The van der Waals surface area contributed by atoms with E-state index in [1.54, 1.807) is 6.07 Å². The maximum absolute atomic E-state index is 15.5. The van der Waals surface area contributed by atoms with Crippen molar-refractivity contribution in [3.05, 3.63) is 29.9 Å². The Hall–Kier alpha value is -2.20. The molecular formula is C19H22FN3O5S. The standard InChI is InChI=1S/C19H22FN3O5S/c20-19(18-21-17(22-28-18)13-3-1-4-13)7-8-23(12-19)29(24,25)14-5-6-15-16(11-14)27-10-2-9-26-15/h5-6,11,13H,1-4,7-10,12H2. The van der Waals surface area contributed by atoms with Gasteiger partial charge < -0.3 is 14.0 Å². The molecule has 156 valence electrons. The Labute approximate surface area is 168 Å². The van der Waals surface area contributed by atoms with Crippen LogP contribution in [0.25, 0.3) is 0 Å². The average Bonchev–Trinajstić information content (AvgIpc) is 3.23. The van der Waals surface area contributed by atoms with Crippen LogP contribution in [0.5, 0.6) is 11.5 Å². The van der Waals surface area contributed by atoms with Crippen molar-refractivity contribution >= 4 is 10.0 Å². The van der Waals surface area contributed by atoms with Crippen molar-refractivity contribution in [2.45, 2.75) is 48.6 Å². The third-order valence-electron chi connectivity index (χ3n) is 5.84. The second kappa shape index (κ2) is 6.94. The Bertz CT molecular complexity index is 1020. The number of nitrogens with zero attached hydrogens (tertiary/aromatic N) is 3. The van der Waals surface area contributed by atoms with Crippen LogP contribution in [0.4, 0.5) is 4.39 Å². The highest BCUT2D eigenvalue weighted by molar-refractivity contribution is 7.89. The van der Waals surface area contributed by atoms with Crippen LogP contribution < -0.4 is 9.47 Å². The van der Waals surface area contributed by atoms with Gasteiger partial charge in [-0.25, -0.2) is 12.8 Å². The van der Waals surface area contributed by atoms with Crippen molar-refractivity contribution in [2.75, 3.05) is 26.3 Å². The van der Waals surface area contributed by atoms with Gasteiger partial charge in [0.05, 0.1) is 24.7 Å². The van der Waals surface area contributed by atoms with Gasteiger partial charge in [0.15, 0.2) is 17.3 Å². The SMILES string of the molecule is O=S(=O)(c1ccc2c(c1)OCCCO2)N1CCC(F)(c2nc(C3CCC3)no2)C1. The average molecular weight is 423 g/mol. The molecule has 1 aliphatic carbocycles. The molecule has 3 heterocycles. The van der Waals surface area contributed by atoms with E-state index in [-0.39, 0.29) is 36.2 Å². The molecule has 0 spiro atoms. The van der Waals surface area contributed by atoms with Crippen LogP contribution in [-0.4, -0.2) is 49.2 Å². The summed E-state index contributed by atoms with van der Waals surface area (Å²) in [6.45, 7) is 0.654. The van der Waals surface area contributed by atoms with Crippen molar-refractivity contribution in [3.63, 3.8) is 0 Å². The molecule has 1 atom stereocenters. The smallest absolute Gasteiger partial charge is 0.265 e. The summed E-state index contributed by atoms with van der Waals surface area (Å²) < 4.78 is 59.1. The molecule has 2 aliphatic heterocycles. The number of aromatic nitrogens is 2. The van der Waals surface area contributed by atoms with Gasteiger partial charge >= 0.3 is 0 Å². The molecule has 10 heteroatoms. The van der Waals surface area contributed by atoms with Gasteiger partial charge in [-0.15, -0.1) is 0 Å². The third kappa shape index (κ3) is 3.28. The van der Waals surface area contributed by atoms with Gasteiger partial charge in [-0.3, -0.25) is 0 Å². The molecule has 0 N–H and O–H groups in total. The van der Waals surface area contributed by atoms with E-state index >= 15 is 4.39 Å². The number of ether oxygens (including phenoxy) is 2. The van der Waals surface area contributed by atoms with Crippen LogP contribution in [0.1, 0.15) is 49.7 Å². The molecule has 0 radical (unpaired) electrons. The summed E-state index contributed by atoms with van der Waals surface area (Å²) in [7, 11) is -3.90. The number of hydrogen-bond acceptors (Lipinski definition) is 7. The molecule has 0 bridgehead atoms. The first-order valence-corrected chi connectivity index (χ1v) is 11.3. The first-order valence-electron chi connectivity index (χ1n) is 9.88. The van der Waals surface area contributed by atoms with Crippen molar-refractivity contribution in [1.29, 1.82) is 0 Å². The fourth-order valence-electron chi connectivity index (χ4n) is 3.82. The molecular weight excluding hydrogens is 401 g/mol. The lowest BCUT2D eigenvalue weighted by Crippen LogP contribution is -2.32. The summed E-state index contributed by atoms with van der Waals surface area (Å²) in [4.78, 5) is 4.28. The lowest BCUT2D eigenvalue weighted by atomic mass is 9.85. The van der Waals surface area contributed by atoms with Crippen LogP contribution in [0.2, 0.25) is 0 Å². The Balaban J connectivity index is 1.37. The lowest BCUT2D eigenvalue weighted by molar-refractivity contribution is 0.127. The summed E-state index contributed by atoms with van der Waals surface area (Å²) >= 11 is 0. The van der Waals surface area contributed by atoms with E-state index in [9.17, 15) is 8.42 Å². The molecule has 5 rings (SSSR count). The zero-order valence-electron chi connectivity index (χ0n) is 15.8. The topological polar surface area (TPSA) is 94.8 Å². The van der Waals surface area contributed by atoms with Crippen molar-refractivity contribution in [2.24, 2.45) is 0 Å². The molecule has 8 nitrogen and oxygen atoms in total. The van der Waals surface area contributed by atoms with Gasteiger partial charge in [0, 0.05) is 31.4 Å². The van der Waals surface area contributed by atoms with E-state index in [2.05, 4.69) is 10.1 Å². The lowest BCUT2D eigenvalue weighted by Gasteiger charge is -2.21. The molecule has 1 aromatic carbocycles. The monoisotopic (exact) mass is 423 g/mol. The Morgan fingerprint density at radius 3 is 2.69 bits per heavy atom. The van der Waals surface area contributed by atoms with Gasteiger partial charge in [-0.2, -0.15) is 9.29 Å². The first-order chi connectivity index (χ1) is 14.0. The number of alkyl halides is 1. The summed E-state index contributed by atoms with van der Waals surface area (Å²) in [6, 6.07) is 4.48. The van der Waals surface area contributed by atoms with Gasteiger partial charge in [0.1, 0.15) is 0 Å². The maximum Gasteiger partial charge on any atom is 0.265 e. The number of halogens is 1. The molecule has 2 fully saturated rings. The fourth-order valence-corrected chi connectivity index (χ4v) is 5.32. The van der Waals surface area contributed by atoms with Crippen LogP contribution in [-0.2, 0) is 15.7 Å². The Morgan fingerprint density at radius 1 is 1.14 bits per heavy atom. The second-order valence-corrected chi connectivity index (χ2v) is 9.74. The van der Waals surface area contributed by atoms with Crippen LogP contribution in [0.15, 0.2) is 27.6 Å². The van der Waals surface area contributed by atoms with Crippen molar-refractivity contribution < 1.29 is 26.8 Å². The first kappa shape index (κ1) is 18.8. The second-order valence-electron chi connectivity index (χ2n) is 7.80. The van der Waals surface area contributed by atoms with E-state index in [0.717, 1.165) is 30.0 Å². The molecule has 3 aliphatic rings. The van der Waals surface area contributed by atoms with Gasteiger partial charge in [0.2, 0.25) is 15.7 Å². The highest BCUT2D eigenvalue weighted by atomic mass is 32.2. The minimum Gasteiger partial charge on any atom is -0.490 e. The molecule has 1 unspecified atom stereocenters. The number of benzene rings is 1. The summed E-state index contributed by atoms with van der Waals surface area (Å²) in [6.07, 6.45) is 3.76. The van der Waals surface area contributed by atoms with E-state index in [4.69, 9.17) is 14.0 Å². The fraction of sp³-hybridized carbons (Fsp3) is 0.579. The Kier molecular flexibility index (Phi) is 4.50. The number of rotatable bonds is 4. The van der Waals surface area contributed by atoms with E-state index in [1.807, 2.05) is 0 Å². The zero-order chi connectivity index (χ0) is 20.1. The van der Waals surface area contributed by atoms with Crippen LogP contribution in [0, 0.1) is 0 Å². The minimum absolute atomic E-state index is 0.0247. The molecule has 0 amide bonds. The van der Waals surface area contributed by atoms with Crippen molar-refractivity contribution in [1.82, 2.24) is 14.4 Å². The number of fused-ring (bicyclic) bond motifs is 1. The largest absolute Gasteiger partial charge is 0.490 e. The van der Waals surface area contributed by atoms with E-state index in [0.29, 0.717) is 30.5 Å². The third-order valence-corrected chi connectivity index (χ3v) is 7.68. The summed E-state index contributed by atoms with van der Waals surface area (Å²) in [5.74, 6) is 1.51. The highest BCUT2D eigenvalue weighted by Gasteiger charge is 2.49. The normalized spacial score (nSPS) is 25.6. The predicted molar refractivity (Wildman–Crippen MR) is 99.1 cm³/mol. The Morgan fingerprint density at radius 2 is 1.93 bits per heavy atom. The molecule has 1 saturated carbocycles. The summed E-state index contributed by atoms with van der Waals surface area (Å²) in [5.41, 5.74) is -1.98.